The van der Waals surface area contributed by atoms with Gasteiger partial charge in [-0.3, -0.25) is 4.79 Å². The van der Waals surface area contributed by atoms with Gasteiger partial charge in [0.1, 0.15) is 17.6 Å². The van der Waals surface area contributed by atoms with Crippen LogP contribution in [0.5, 0.6) is 5.75 Å². The van der Waals surface area contributed by atoms with Crippen LogP contribution in [0.25, 0.3) is 0 Å². The average Bonchev–Trinajstić information content (AvgIpc) is 3.52. The third-order valence-corrected chi connectivity index (χ3v) is 5.19. The van der Waals surface area contributed by atoms with Crippen LogP contribution in [-0.4, -0.2) is 43.4 Å². The van der Waals surface area contributed by atoms with Gasteiger partial charge in [-0.1, -0.05) is 6.07 Å². The van der Waals surface area contributed by atoms with E-state index in [1.54, 1.807) is 43.7 Å². The molecule has 1 amide bonds. The summed E-state index contributed by atoms with van der Waals surface area (Å²) in [7, 11) is 2.94. The first-order valence-corrected chi connectivity index (χ1v) is 10.1. The van der Waals surface area contributed by atoms with Crippen molar-refractivity contribution in [1.82, 2.24) is 5.01 Å². The molecule has 0 aliphatic carbocycles. The zero-order valence-electron chi connectivity index (χ0n) is 17.8. The van der Waals surface area contributed by atoms with E-state index in [0.717, 1.165) is 17.0 Å². The Bertz CT molecular complexity index is 1120. The molecule has 2 heterocycles. The Labute approximate surface area is 185 Å². The van der Waals surface area contributed by atoms with Crippen molar-refractivity contribution >= 4 is 23.3 Å². The van der Waals surface area contributed by atoms with Crippen LogP contribution in [0.2, 0.25) is 0 Å². The number of nitrogens with zero attached hydrogens (tertiary/aromatic N) is 2. The number of hydrogen-bond acceptors (Lipinski definition) is 7. The number of carbonyl (C=O) groups is 2. The molecule has 32 heavy (non-hydrogen) atoms. The highest BCUT2D eigenvalue weighted by molar-refractivity contribution is 6.03. The second-order valence-corrected chi connectivity index (χ2v) is 7.17. The highest BCUT2D eigenvalue weighted by atomic mass is 16.5. The van der Waals surface area contributed by atoms with Crippen LogP contribution >= 0.6 is 0 Å². The van der Waals surface area contributed by atoms with E-state index in [2.05, 4.69) is 10.4 Å². The molecule has 0 radical (unpaired) electrons. The molecule has 0 saturated heterocycles. The highest BCUT2D eigenvalue weighted by Gasteiger charge is 2.34. The van der Waals surface area contributed by atoms with Crippen molar-refractivity contribution in [2.75, 3.05) is 26.1 Å². The van der Waals surface area contributed by atoms with Crippen LogP contribution in [0.4, 0.5) is 5.69 Å². The molecule has 1 atom stereocenters. The zero-order chi connectivity index (χ0) is 22.5. The van der Waals surface area contributed by atoms with Crippen molar-refractivity contribution < 1.29 is 23.5 Å². The minimum absolute atomic E-state index is 0.00122. The second kappa shape index (κ2) is 9.38. The molecule has 2 aromatic carbocycles. The number of benzene rings is 2. The number of carbonyl (C=O) groups excluding carboxylic acids is 2. The van der Waals surface area contributed by atoms with E-state index in [1.165, 1.54) is 12.1 Å². The van der Waals surface area contributed by atoms with Crippen molar-refractivity contribution in [1.29, 1.82) is 0 Å². The smallest absolute Gasteiger partial charge is 0.337 e. The molecule has 1 N–H and O–H groups in total. The molecule has 0 spiro atoms. The third kappa shape index (κ3) is 4.49. The van der Waals surface area contributed by atoms with Crippen LogP contribution in [0.15, 0.2) is 76.4 Å². The summed E-state index contributed by atoms with van der Waals surface area (Å²) < 4.78 is 15.5. The summed E-state index contributed by atoms with van der Waals surface area (Å²) in [6.07, 6.45) is 2.11. The van der Waals surface area contributed by atoms with E-state index in [1.807, 2.05) is 30.3 Å². The molecule has 1 unspecified atom stereocenters. The summed E-state index contributed by atoms with van der Waals surface area (Å²) in [4.78, 5) is 24.8. The van der Waals surface area contributed by atoms with Gasteiger partial charge in [-0.25, -0.2) is 9.80 Å². The first kappa shape index (κ1) is 21.2. The molecule has 1 aliphatic rings. The maximum atomic E-state index is 13.1. The lowest BCUT2D eigenvalue weighted by atomic mass is 10.0. The van der Waals surface area contributed by atoms with Crippen molar-refractivity contribution in [2.45, 2.75) is 12.5 Å². The molecule has 164 valence electrons. The summed E-state index contributed by atoms with van der Waals surface area (Å²) in [6.45, 7) is 0.00122. The molecule has 0 fully saturated rings. The van der Waals surface area contributed by atoms with Gasteiger partial charge >= 0.3 is 5.97 Å². The van der Waals surface area contributed by atoms with Crippen molar-refractivity contribution in [2.24, 2.45) is 5.10 Å². The number of nitrogens with one attached hydrogen (secondary N) is 1. The van der Waals surface area contributed by atoms with Crippen molar-refractivity contribution in [3.8, 4) is 5.75 Å². The Hall–Kier alpha value is -4.07. The minimum Gasteiger partial charge on any atom is -0.497 e. The summed E-state index contributed by atoms with van der Waals surface area (Å²) >= 11 is 0. The topological polar surface area (TPSA) is 93.4 Å². The van der Waals surface area contributed by atoms with E-state index in [9.17, 15) is 9.59 Å². The van der Waals surface area contributed by atoms with Crippen molar-refractivity contribution in [3.63, 3.8) is 0 Å². The molecule has 8 nitrogen and oxygen atoms in total. The van der Waals surface area contributed by atoms with Crippen molar-refractivity contribution in [3.05, 3.63) is 83.8 Å². The van der Waals surface area contributed by atoms with E-state index in [4.69, 9.17) is 13.9 Å². The van der Waals surface area contributed by atoms with Gasteiger partial charge < -0.3 is 19.2 Å². The maximum Gasteiger partial charge on any atom is 0.337 e. The first-order chi connectivity index (χ1) is 15.6. The van der Waals surface area contributed by atoms with Crippen LogP contribution in [-0.2, 0) is 9.53 Å². The van der Waals surface area contributed by atoms with Crippen LogP contribution < -0.4 is 10.1 Å². The lowest BCUT2D eigenvalue weighted by Gasteiger charge is -2.20. The number of furan rings is 1. The number of rotatable bonds is 7. The van der Waals surface area contributed by atoms with Gasteiger partial charge in [-0.2, -0.15) is 5.10 Å². The molecule has 0 saturated carbocycles. The van der Waals surface area contributed by atoms with Gasteiger partial charge in [0.25, 0.3) is 5.91 Å². The normalized spacial score (nSPS) is 15.2. The third-order valence-electron chi connectivity index (χ3n) is 5.19. The van der Waals surface area contributed by atoms with Gasteiger partial charge in [-0.15, -0.1) is 0 Å². The number of hydrazone groups is 1. The number of anilines is 1. The molecule has 4 rings (SSSR count). The highest BCUT2D eigenvalue weighted by Crippen LogP contribution is 2.33. The Morgan fingerprint density at radius 1 is 1.12 bits per heavy atom. The molecule has 0 bridgehead atoms. The fraction of sp³-hybridized carbons (Fsp3) is 0.208. The number of amides is 1. The quantitative estimate of drug-likeness (QED) is 0.569. The number of methoxy groups -OCH3 is 2. The fourth-order valence-electron chi connectivity index (χ4n) is 3.53. The molecule has 3 aromatic rings. The summed E-state index contributed by atoms with van der Waals surface area (Å²) in [5.41, 5.74) is 2.74. The Kier molecular flexibility index (Phi) is 6.21. The SMILES string of the molecule is COC(=O)c1cccc(NCC(=O)N2N=C(c3ccc(OC)cc3)CC2c2ccco2)c1. The maximum absolute atomic E-state index is 13.1. The first-order valence-electron chi connectivity index (χ1n) is 10.1. The molecule has 1 aromatic heterocycles. The van der Waals surface area contributed by atoms with E-state index < -0.39 is 5.97 Å². The molecule has 8 heteroatoms. The van der Waals surface area contributed by atoms with Gasteiger partial charge in [0.2, 0.25) is 0 Å². The summed E-state index contributed by atoms with van der Waals surface area (Å²) in [5, 5.41) is 9.12. The number of ether oxygens (including phenoxy) is 2. The van der Waals surface area contributed by atoms with Gasteiger partial charge in [0.15, 0.2) is 0 Å². The van der Waals surface area contributed by atoms with Gasteiger partial charge in [0, 0.05) is 12.1 Å². The number of hydrogen-bond donors (Lipinski definition) is 1. The largest absolute Gasteiger partial charge is 0.497 e. The van der Waals surface area contributed by atoms with E-state index in [0.29, 0.717) is 23.4 Å². The lowest BCUT2D eigenvalue weighted by molar-refractivity contribution is -0.131. The Morgan fingerprint density at radius 2 is 1.94 bits per heavy atom. The average molecular weight is 433 g/mol. The summed E-state index contributed by atoms with van der Waals surface area (Å²) in [5.74, 6) is 0.754. The van der Waals surface area contributed by atoms with E-state index in [-0.39, 0.29) is 18.5 Å². The van der Waals surface area contributed by atoms with Gasteiger partial charge in [0.05, 0.1) is 38.3 Å². The zero-order valence-corrected chi connectivity index (χ0v) is 17.8. The Morgan fingerprint density at radius 3 is 2.62 bits per heavy atom. The van der Waals surface area contributed by atoms with Crippen LogP contribution in [0.3, 0.4) is 0 Å². The summed E-state index contributed by atoms with van der Waals surface area (Å²) in [6, 6.07) is 17.6. The lowest BCUT2D eigenvalue weighted by Crippen LogP contribution is -2.32. The standard InChI is InChI=1S/C24H23N3O5/c1-30-19-10-8-16(9-11-19)20-14-21(22-7-4-12-32-22)27(26-20)23(28)15-25-18-6-3-5-17(13-18)24(29)31-2/h3-13,21,25H,14-15H2,1-2H3. The predicted octanol–water partition coefficient (Wildman–Crippen LogP) is 3.86. The molecule has 1 aliphatic heterocycles. The Balaban J connectivity index is 1.52. The molecular formula is C24H23N3O5. The van der Waals surface area contributed by atoms with E-state index >= 15 is 0 Å². The monoisotopic (exact) mass is 433 g/mol. The predicted molar refractivity (Wildman–Crippen MR) is 119 cm³/mol. The number of esters is 1. The minimum atomic E-state index is -0.439. The van der Waals surface area contributed by atoms with Crippen LogP contribution in [0.1, 0.15) is 34.1 Å². The van der Waals surface area contributed by atoms with Gasteiger partial charge in [-0.05, 0) is 60.2 Å². The fourth-order valence-corrected chi connectivity index (χ4v) is 3.53. The second-order valence-electron chi connectivity index (χ2n) is 7.17. The van der Waals surface area contributed by atoms with Crippen LogP contribution in [0, 0.1) is 0 Å². The molecular weight excluding hydrogens is 410 g/mol.